The number of ketones is 1. The molecule has 0 spiro atoms. The van der Waals surface area contributed by atoms with E-state index in [0.29, 0.717) is 10.6 Å². The van der Waals surface area contributed by atoms with Crippen LogP contribution in [0.15, 0.2) is 47.4 Å². The largest absolute Gasteiger partial charge is 0.507 e. The van der Waals surface area contributed by atoms with E-state index in [1.165, 1.54) is 28.4 Å². The van der Waals surface area contributed by atoms with Gasteiger partial charge in [0.1, 0.15) is 22.5 Å². The van der Waals surface area contributed by atoms with Gasteiger partial charge in [-0.05, 0) is 49.6 Å². The number of rotatable bonds is 5. The molecule has 4 rings (SSSR count). The fraction of sp³-hybridized carbons (Fsp3) is 0.182. The van der Waals surface area contributed by atoms with Crippen LogP contribution in [0.4, 0.5) is 9.52 Å². The molecule has 0 saturated carbocycles. The van der Waals surface area contributed by atoms with Gasteiger partial charge >= 0.3 is 11.9 Å². The number of ether oxygens (including phenoxy) is 1. The Bertz CT molecular complexity index is 1230. The highest BCUT2D eigenvalue weighted by Crippen LogP contribution is 2.45. The highest BCUT2D eigenvalue weighted by Gasteiger charge is 2.48. The molecular weight excluding hydrogens is 455 g/mol. The summed E-state index contributed by atoms with van der Waals surface area (Å²) in [5.41, 5.74) is 0.442. The molecule has 32 heavy (non-hydrogen) atoms. The zero-order valence-electron chi connectivity index (χ0n) is 17.0. The normalized spacial score (nSPS) is 17.7. The van der Waals surface area contributed by atoms with Gasteiger partial charge in [-0.25, -0.2) is 14.2 Å². The highest BCUT2D eigenvalue weighted by molar-refractivity contribution is 7.18. The van der Waals surface area contributed by atoms with Gasteiger partial charge in [-0.2, -0.15) is 0 Å². The number of aromatic nitrogens is 1. The van der Waals surface area contributed by atoms with Gasteiger partial charge in [0.25, 0.3) is 5.78 Å². The first-order chi connectivity index (χ1) is 15.3. The molecule has 164 valence electrons. The summed E-state index contributed by atoms with van der Waals surface area (Å²) in [5.74, 6) is -3.25. The summed E-state index contributed by atoms with van der Waals surface area (Å²) in [6.07, 6.45) is 0. The quantitative estimate of drug-likeness (QED) is 0.255. The van der Waals surface area contributed by atoms with E-state index in [2.05, 4.69) is 4.98 Å². The van der Waals surface area contributed by atoms with E-state index in [0.717, 1.165) is 23.5 Å². The van der Waals surface area contributed by atoms with Crippen LogP contribution in [-0.4, -0.2) is 34.4 Å². The van der Waals surface area contributed by atoms with Gasteiger partial charge in [0.2, 0.25) is 0 Å². The van der Waals surface area contributed by atoms with E-state index in [1.807, 2.05) is 0 Å². The monoisotopic (exact) mass is 472 g/mol. The highest BCUT2D eigenvalue weighted by atomic mass is 32.1. The average molecular weight is 473 g/mol. The zero-order chi connectivity index (χ0) is 23.0. The van der Waals surface area contributed by atoms with E-state index in [1.54, 1.807) is 31.4 Å². The minimum absolute atomic E-state index is 0.130. The van der Waals surface area contributed by atoms with Crippen LogP contribution < -0.4 is 4.90 Å². The number of hydrogen-bond donors (Lipinski definition) is 1. The van der Waals surface area contributed by atoms with E-state index in [-0.39, 0.29) is 27.8 Å². The maximum absolute atomic E-state index is 13.3. The van der Waals surface area contributed by atoms with Crippen LogP contribution in [0, 0.1) is 12.7 Å². The van der Waals surface area contributed by atoms with E-state index >= 15 is 0 Å². The minimum atomic E-state index is -0.944. The molecule has 0 unspecified atom stereocenters. The number of thiazole rings is 1. The number of esters is 1. The Kier molecular flexibility index (Phi) is 5.90. The third-order valence-electron chi connectivity index (χ3n) is 4.83. The van der Waals surface area contributed by atoms with Crippen molar-refractivity contribution in [2.75, 3.05) is 11.5 Å². The number of halogens is 1. The smallest absolute Gasteiger partial charge is 0.350 e. The van der Waals surface area contributed by atoms with Crippen LogP contribution in [0.25, 0.3) is 5.76 Å². The van der Waals surface area contributed by atoms with Crippen LogP contribution in [0.1, 0.15) is 38.8 Å². The number of aliphatic hydroxyl groups is 1. The molecule has 1 N–H and O–H groups in total. The Morgan fingerprint density at radius 1 is 1.25 bits per heavy atom. The van der Waals surface area contributed by atoms with Gasteiger partial charge in [-0.15, -0.1) is 11.3 Å². The summed E-state index contributed by atoms with van der Waals surface area (Å²) < 4.78 is 18.4. The van der Waals surface area contributed by atoms with E-state index in [9.17, 15) is 23.9 Å². The van der Waals surface area contributed by atoms with Gasteiger partial charge in [0, 0.05) is 10.4 Å². The molecule has 1 aliphatic heterocycles. The number of hydrogen-bond acceptors (Lipinski definition) is 8. The number of thiophene rings is 1. The van der Waals surface area contributed by atoms with Crippen molar-refractivity contribution >= 4 is 51.2 Å². The van der Waals surface area contributed by atoms with Crippen molar-refractivity contribution in [3.05, 3.63) is 74.2 Å². The number of carbonyl (C=O) groups excluding carboxylic acids is 3. The predicted molar refractivity (Wildman–Crippen MR) is 118 cm³/mol. The molecule has 1 saturated heterocycles. The summed E-state index contributed by atoms with van der Waals surface area (Å²) in [5, 5.41) is 12.8. The Morgan fingerprint density at radius 2 is 1.97 bits per heavy atom. The lowest BCUT2D eigenvalue weighted by molar-refractivity contribution is -0.132. The lowest BCUT2D eigenvalue weighted by atomic mass is 10.00. The third-order valence-corrected chi connectivity index (χ3v) is 6.89. The van der Waals surface area contributed by atoms with Crippen LogP contribution in [0.5, 0.6) is 0 Å². The molecule has 0 radical (unpaired) electrons. The van der Waals surface area contributed by atoms with Crippen molar-refractivity contribution in [2.24, 2.45) is 0 Å². The summed E-state index contributed by atoms with van der Waals surface area (Å²) in [7, 11) is 0. The molecule has 1 atom stereocenters. The lowest BCUT2D eigenvalue weighted by Crippen LogP contribution is -2.29. The second-order valence-electron chi connectivity index (χ2n) is 6.82. The molecule has 0 bridgehead atoms. The molecule has 3 heterocycles. The summed E-state index contributed by atoms with van der Waals surface area (Å²) in [4.78, 5) is 44.7. The lowest BCUT2D eigenvalue weighted by Gasteiger charge is -2.21. The molecular formula is C22H17FN2O5S2. The number of aryl methyl sites for hydroxylation is 1. The summed E-state index contributed by atoms with van der Waals surface area (Å²) in [6.45, 7) is 3.48. The van der Waals surface area contributed by atoms with E-state index in [4.69, 9.17) is 4.74 Å². The Balaban J connectivity index is 1.87. The Morgan fingerprint density at radius 3 is 2.59 bits per heavy atom. The number of carbonyl (C=O) groups is 3. The first kappa shape index (κ1) is 21.8. The molecule has 1 aromatic carbocycles. The van der Waals surface area contributed by atoms with Crippen molar-refractivity contribution in [3.63, 3.8) is 0 Å². The fourth-order valence-corrected chi connectivity index (χ4v) is 5.19. The molecule has 2 aromatic heterocycles. The van der Waals surface area contributed by atoms with Crippen molar-refractivity contribution in [1.82, 2.24) is 4.98 Å². The number of amides is 1. The van der Waals surface area contributed by atoms with E-state index < -0.39 is 35.3 Å². The number of Topliss-reactive ketones (excluding diaryl/α,β-unsaturated/α-hetero) is 1. The van der Waals surface area contributed by atoms with Crippen molar-refractivity contribution in [2.45, 2.75) is 19.9 Å². The van der Waals surface area contributed by atoms with Crippen LogP contribution >= 0.6 is 22.7 Å². The second kappa shape index (κ2) is 8.64. The second-order valence-corrected chi connectivity index (χ2v) is 8.78. The maximum Gasteiger partial charge on any atom is 0.350 e. The third kappa shape index (κ3) is 3.71. The van der Waals surface area contributed by atoms with Gasteiger partial charge in [0.15, 0.2) is 5.13 Å². The SMILES string of the molecule is CCOC(=O)c1sc(N2C(=O)C(=O)C(=C(O)c3ccc(F)cc3)[C@H]2c2cccs2)nc1C. The van der Waals surface area contributed by atoms with Crippen LogP contribution in [0.2, 0.25) is 0 Å². The number of anilines is 1. The van der Waals surface area contributed by atoms with Crippen LogP contribution in [0.3, 0.4) is 0 Å². The molecule has 0 aliphatic carbocycles. The van der Waals surface area contributed by atoms with Gasteiger partial charge < -0.3 is 9.84 Å². The summed E-state index contributed by atoms with van der Waals surface area (Å²) in [6, 6.07) is 7.52. The first-order valence-corrected chi connectivity index (χ1v) is 11.3. The minimum Gasteiger partial charge on any atom is -0.507 e. The van der Waals surface area contributed by atoms with Crippen molar-refractivity contribution in [3.8, 4) is 0 Å². The number of aliphatic hydroxyl groups excluding tert-OH is 1. The van der Waals surface area contributed by atoms with Crippen molar-refractivity contribution < 1.29 is 28.6 Å². The Hall–Kier alpha value is -3.37. The number of benzene rings is 1. The Labute approximate surface area is 190 Å². The van der Waals surface area contributed by atoms with Crippen molar-refractivity contribution in [1.29, 1.82) is 0 Å². The van der Waals surface area contributed by atoms with Crippen LogP contribution in [-0.2, 0) is 14.3 Å². The summed E-state index contributed by atoms with van der Waals surface area (Å²) >= 11 is 2.24. The number of nitrogens with zero attached hydrogens (tertiary/aromatic N) is 2. The molecule has 10 heteroatoms. The predicted octanol–water partition coefficient (Wildman–Crippen LogP) is 4.46. The van der Waals surface area contributed by atoms with Gasteiger partial charge in [-0.1, -0.05) is 17.4 Å². The topological polar surface area (TPSA) is 96.8 Å². The zero-order valence-corrected chi connectivity index (χ0v) is 18.6. The average Bonchev–Trinajstić information content (AvgIpc) is 3.48. The fourth-order valence-electron chi connectivity index (χ4n) is 3.38. The molecule has 3 aromatic rings. The first-order valence-electron chi connectivity index (χ1n) is 9.58. The molecule has 7 nitrogen and oxygen atoms in total. The van der Waals surface area contributed by atoms with Gasteiger partial charge in [0.05, 0.1) is 17.9 Å². The molecule has 1 aliphatic rings. The molecule has 1 fully saturated rings. The maximum atomic E-state index is 13.3. The van der Waals surface area contributed by atoms with Gasteiger partial charge in [-0.3, -0.25) is 14.5 Å². The molecule has 1 amide bonds. The standard InChI is InChI=1S/C22H17FN2O5S2/c1-3-30-21(29)19-11(2)24-22(32-19)25-16(14-5-4-10-31-14)15(18(27)20(25)28)17(26)12-6-8-13(23)9-7-12/h4-10,16,26H,3H2,1-2H3/t16-/m1/s1.